The fourth-order valence-electron chi connectivity index (χ4n) is 3.70. The maximum Gasteiger partial charge on any atom is 0.0631 e. The van der Waals surface area contributed by atoms with Crippen molar-refractivity contribution in [3.8, 4) is 0 Å². The number of rotatable bonds is 5. The molecule has 0 amide bonds. The minimum atomic E-state index is 0.121. The highest BCUT2D eigenvalue weighted by molar-refractivity contribution is 4.92. The van der Waals surface area contributed by atoms with Crippen molar-refractivity contribution in [1.29, 1.82) is 0 Å². The van der Waals surface area contributed by atoms with Crippen molar-refractivity contribution in [2.24, 2.45) is 5.41 Å². The third-order valence-electron chi connectivity index (χ3n) is 4.76. The van der Waals surface area contributed by atoms with Gasteiger partial charge in [-0.25, -0.2) is 0 Å². The highest BCUT2D eigenvalue weighted by Crippen LogP contribution is 2.45. The highest BCUT2D eigenvalue weighted by Gasteiger charge is 2.40. The first-order valence-corrected chi connectivity index (χ1v) is 7.82. The molecular formula is C16H31NO. The van der Waals surface area contributed by atoms with E-state index in [4.69, 9.17) is 4.74 Å². The second kappa shape index (κ2) is 5.50. The van der Waals surface area contributed by atoms with Crippen LogP contribution in [0.5, 0.6) is 0 Å². The zero-order chi connectivity index (χ0) is 13.2. The Hall–Kier alpha value is -0.0800. The normalized spacial score (nSPS) is 30.2. The van der Waals surface area contributed by atoms with Crippen molar-refractivity contribution >= 4 is 0 Å². The fraction of sp³-hybridized carbons (Fsp3) is 1.00. The maximum atomic E-state index is 6.21. The fourth-order valence-corrected chi connectivity index (χ4v) is 3.70. The minimum Gasteiger partial charge on any atom is -0.372 e. The van der Waals surface area contributed by atoms with Gasteiger partial charge in [0.2, 0.25) is 0 Å². The largest absolute Gasteiger partial charge is 0.372 e. The molecule has 106 valence electrons. The number of ether oxygens (including phenoxy) is 1. The van der Waals surface area contributed by atoms with Crippen molar-refractivity contribution in [2.75, 3.05) is 6.54 Å². The van der Waals surface area contributed by atoms with E-state index in [2.05, 4.69) is 33.0 Å². The lowest BCUT2D eigenvalue weighted by molar-refractivity contribution is -0.0352. The van der Waals surface area contributed by atoms with Gasteiger partial charge in [-0.05, 0) is 51.4 Å². The van der Waals surface area contributed by atoms with Gasteiger partial charge in [0.1, 0.15) is 0 Å². The van der Waals surface area contributed by atoms with Crippen LogP contribution in [0.1, 0.15) is 72.6 Å². The zero-order valence-electron chi connectivity index (χ0n) is 12.7. The quantitative estimate of drug-likeness (QED) is 0.802. The van der Waals surface area contributed by atoms with Gasteiger partial charge in [0, 0.05) is 12.6 Å². The number of hydrogen-bond acceptors (Lipinski definition) is 2. The summed E-state index contributed by atoms with van der Waals surface area (Å²) in [5.74, 6) is 0. The third kappa shape index (κ3) is 3.71. The van der Waals surface area contributed by atoms with E-state index >= 15 is 0 Å². The summed E-state index contributed by atoms with van der Waals surface area (Å²) < 4.78 is 6.21. The van der Waals surface area contributed by atoms with E-state index in [1.807, 2.05) is 0 Å². The Labute approximate surface area is 113 Å². The molecule has 1 unspecified atom stereocenters. The van der Waals surface area contributed by atoms with E-state index in [0.29, 0.717) is 17.6 Å². The predicted octanol–water partition coefficient (Wildman–Crippen LogP) is 3.89. The van der Waals surface area contributed by atoms with Gasteiger partial charge in [-0.3, -0.25) is 0 Å². The van der Waals surface area contributed by atoms with Crippen molar-refractivity contribution in [1.82, 2.24) is 5.32 Å². The van der Waals surface area contributed by atoms with Gasteiger partial charge in [0.25, 0.3) is 0 Å². The molecule has 2 nitrogen and oxygen atoms in total. The first-order chi connectivity index (χ1) is 8.41. The van der Waals surface area contributed by atoms with Gasteiger partial charge in [0.05, 0.1) is 11.7 Å². The van der Waals surface area contributed by atoms with E-state index in [0.717, 1.165) is 0 Å². The van der Waals surface area contributed by atoms with E-state index in [-0.39, 0.29) is 5.60 Å². The topological polar surface area (TPSA) is 21.3 Å². The highest BCUT2D eigenvalue weighted by atomic mass is 16.5. The van der Waals surface area contributed by atoms with Gasteiger partial charge in [-0.15, -0.1) is 0 Å². The molecule has 2 fully saturated rings. The lowest BCUT2D eigenvalue weighted by Crippen LogP contribution is -2.38. The molecule has 1 aliphatic carbocycles. The van der Waals surface area contributed by atoms with Crippen LogP contribution in [-0.4, -0.2) is 24.3 Å². The van der Waals surface area contributed by atoms with E-state index in [1.165, 1.54) is 51.5 Å². The van der Waals surface area contributed by atoms with Crippen LogP contribution in [0.2, 0.25) is 0 Å². The molecule has 0 aromatic carbocycles. The lowest BCUT2D eigenvalue weighted by Gasteiger charge is -2.33. The standard InChI is InChI=1S/C16H31NO/c1-13(2)17-12-16(8-5-6-9-16)11-14-7-10-15(3,4)18-14/h13-14,17H,5-12H2,1-4H3. The molecule has 18 heavy (non-hydrogen) atoms. The molecule has 0 aromatic rings. The van der Waals surface area contributed by atoms with E-state index in [9.17, 15) is 0 Å². The van der Waals surface area contributed by atoms with Gasteiger partial charge < -0.3 is 10.1 Å². The SMILES string of the molecule is CC(C)NCC1(CC2CCC(C)(C)O2)CCCC1. The monoisotopic (exact) mass is 253 g/mol. The van der Waals surface area contributed by atoms with Crippen molar-refractivity contribution < 1.29 is 4.74 Å². The summed E-state index contributed by atoms with van der Waals surface area (Å²) in [7, 11) is 0. The minimum absolute atomic E-state index is 0.121. The van der Waals surface area contributed by atoms with Crippen LogP contribution in [0.15, 0.2) is 0 Å². The second-order valence-electron chi connectivity index (χ2n) is 7.49. The van der Waals surface area contributed by atoms with Crippen LogP contribution in [0.3, 0.4) is 0 Å². The van der Waals surface area contributed by atoms with Crippen LogP contribution in [0.25, 0.3) is 0 Å². The summed E-state index contributed by atoms with van der Waals surface area (Å²) in [6.07, 6.45) is 9.89. The number of nitrogens with one attached hydrogen (secondary N) is 1. The van der Waals surface area contributed by atoms with Gasteiger partial charge in [-0.1, -0.05) is 26.7 Å². The molecule has 0 aromatic heterocycles. The Balaban J connectivity index is 1.90. The molecule has 1 aliphatic heterocycles. The van der Waals surface area contributed by atoms with E-state index in [1.54, 1.807) is 0 Å². The lowest BCUT2D eigenvalue weighted by atomic mass is 9.79. The Morgan fingerprint density at radius 2 is 1.83 bits per heavy atom. The smallest absolute Gasteiger partial charge is 0.0631 e. The van der Waals surface area contributed by atoms with Crippen LogP contribution in [0, 0.1) is 5.41 Å². The molecule has 1 N–H and O–H groups in total. The molecule has 1 atom stereocenters. The average molecular weight is 253 g/mol. The number of hydrogen-bond donors (Lipinski definition) is 1. The summed E-state index contributed by atoms with van der Waals surface area (Å²) in [6.45, 7) is 10.2. The molecule has 0 bridgehead atoms. The Bertz CT molecular complexity index is 266. The molecule has 1 saturated heterocycles. The molecule has 2 rings (SSSR count). The molecule has 1 saturated carbocycles. The first kappa shape index (κ1) is 14.3. The van der Waals surface area contributed by atoms with Gasteiger partial charge in [-0.2, -0.15) is 0 Å². The third-order valence-corrected chi connectivity index (χ3v) is 4.76. The van der Waals surface area contributed by atoms with E-state index < -0.39 is 0 Å². The molecule has 2 heteroatoms. The van der Waals surface area contributed by atoms with Gasteiger partial charge >= 0.3 is 0 Å². The Morgan fingerprint density at radius 1 is 1.17 bits per heavy atom. The van der Waals surface area contributed by atoms with Crippen molar-refractivity contribution in [2.45, 2.75) is 90.4 Å². The van der Waals surface area contributed by atoms with Crippen LogP contribution in [0.4, 0.5) is 0 Å². The average Bonchev–Trinajstić information content (AvgIpc) is 2.84. The second-order valence-corrected chi connectivity index (χ2v) is 7.49. The molecule has 0 spiro atoms. The molecule has 1 heterocycles. The predicted molar refractivity (Wildman–Crippen MR) is 76.8 cm³/mol. The van der Waals surface area contributed by atoms with Crippen LogP contribution >= 0.6 is 0 Å². The Morgan fingerprint density at radius 3 is 2.33 bits per heavy atom. The summed E-state index contributed by atoms with van der Waals surface area (Å²) in [5.41, 5.74) is 0.644. The first-order valence-electron chi connectivity index (χ1n) is 7.82. The summed E-state index contributed by atoms with van der Waals surface area (Å²) in [4.78, 5) is 0. The van der Waals surface area contributed by atoms with Crippen LogP contribution < -0.4 is 5.32 Å². The summed E-state index contributed by atoms with van der Waals surface area (Å²) in [5, 5.41) is 3.67. The molecular weight excluding hydrogens is 222 g/mol. The Kier molecular flexibility index (Phi) is 4.38. The zero-order valence-corrected chi connectivity index (χ0v) is 12.7. The maximum absolute atomic E-state index is 6.21. The van der Waals surface area contributed by atoms with Gasteiger partial charge in [0.15, 0.2) is 0 Å². The van der Waals surface area contributed by atoms with Crippen molar-refractivity contribution in [3.05, 3.63) is 0 Å². The summed E-state index contributed by atoms with van der Waals surface area (Å²) in [6, 6.07) is 0.600. The summed E-state index contributed by atoms with van der Waals surface area (Å²) >= 11 is 0. The van der Waals surface area contributed by atoms with Crippen LogP contribution in [-0.2, 0) is 4.74 Å². The molecule has 0 radical (unpaired) electrons. The van der Waals surface area contributed by atoms with Crippen molar-refractivity contribution in [3.63, 3.8) is 0 Å². The molecule has 2 aliphatic rings.